The van der Waals surface area contributed by atoms with Crippen LogP contribution < -0.4 is 15.0 Å². The maximum Gasteiger partial charge on any atom is 0.233 e. The number of hydrogen-bond donors (Lipinski definition) is 1. The van der Waals surface area contributed by atoms with Gasteiger partial charge in [0.2, 0.25) is 11.8 Å². The first kappa shape index (κ1) is 19.7. The number of piperazine rings is 1. The van der Waals surface area contributed by atoms with Crippen molar-refractivity contribution in [3.05, 3.63) is 53.6 Å². The highest BCUT2D eigenvalue weighted by Gasteiger charge is 2.24. The monoisotopic (exact) mass is 381 g/mol. The van der Waals surface area contributed by atoms with E-state index in [4.69, 9.17) is 4.74 Å². The minimum atomic E-state index is -0.277. The van der Waals surface area contributed by atoms with Gasteiger partial charge in [0.05, 0.1) is 12.8 Å². The van der Waals surface area contributed by atoms with Crippen LogP contribution in [0.15, 0.2) is 42.5 Å². The topological polar surface area (TPSA) is 61.9 Å². The number of anilines is 2. The molecule has 0 aromatic heterocycles. The molecule has 2 aromatic rings. The predicted molar refractivity (Wildman–Crippen MR) is 111 cm³/mol. The van der Waals surface area contributed by atoms with Crippen LogP contribution in [-0.2, 0) is 9.59 Å². The van der Waals surface area contributed by atoms with E-state index in [1.165, 1.54) is 5.56 Å². The van der Waals surface area contributed by atoms with Gasteiger partial charge in [0.25, 0.3) is 0 Å². The highest BCUT2D eigenvalue weighted by Crippen LogP contribution is 2.28. The summed E-state index contributed by atoms with van der Waals surface area (Å²) in [5.74, 6) is 0.413. The van der Waals surface area contributed by atoms with E-state index in [0.717, 1.165) is 22.7 Å². The van der Waals surface area contributed by atoms with Crippen LogP contribution in [-0.4, -0.2) is 50.0 Å². The fraction of sp³-hybridized carbons (Fsp3) is 0.364. The molecule has 1 fully saturated rings. The zero-order chi connectivity index (χ0) is 20.1. The fourth-order valence-corrected chi connectivity index (χ4v) is 3.36. The van der Waals surface area contributed by atoms with E-state index in [9.17, 15) is 9.59 Å². The normalized spacial score (nSPS) is 14.0. The molecule has 2 aromatic carbocycles. The molecule has 0 unspecified atom stereocenters. The van der Waals surface area contributed by atoms with Crippen LogP contribution in [0.5, 0.6) is 5.75 Å². The number of carbonyl (C=O) groups is 2. The van der Waals surface area contributed by atoms with Crippen molar-refractivity contribution in [2.24, 2.45) is 0 Å². The number of ether oxygens (including phenoxy) is 1. The molecule has 1 aliphatic heterocycles. The molecule has 0 bridgehead atoms. The summed E-state index contributed by atoms with van der Waals surface area (Å²) in [4.78, 5) is 28.7. The second kappa shape index (κ2) is 8.78. The van der Waals surface area contributed by atoms with Gasteiger partial charge >= 0.3 is 0 Å². The molecule has 6 nitrogen and oxygen atoms in total. The van der Waals surface area contributed by atoms with Gasteiger partial charge in [-0.1, -0.05) is 18.2 Å². The van der Waals surface area contributed by atoms with Crippen LogP contribution in [0, 0.1) is 13.8 Å². The number of nitrogens with one attached hydrogen (secondary N) is 1. The van der Waals surface area contributed by atoms with E-state index < -0.39 is 0 Å². The Hall–Kier alpha value is -3.02. The fourth-order valence-electron chi connectivity index (χ4n) is 3.36. The maximum absolute atomic E-state index is 12.5. The van der Waals surface area contributed by atoms with Crippen molar-refractivity contribution in [3.63, 3.8) is 0 Å². The van der Waals surface area contributed by atoms with Crippen molar-refractivity contribution in [3.8, 4) is 5.75 Å². The van der Waals surface area contributed by atoms with Crippen LogP contribution in [0.25, 0.3) is 0 Å². The molecule has 1 heterocycles. The summed E-state index contributed by atoms with van der Waals surface area (Å²) < 4.78 is 5.42. The van der Waals surface area contributed by atoms with E-state index in [1.54, 1.807) is 12.0 Å². The molecule has 148 valence electrons. The summed E-state index contributed by atoms with van der Waals surface area (Å²) in [7, 11) is 1.66. The van der Waals surface area contributed by atoms with E-state index >= 15 is 0 Å². The van der Waals surface area contributed by atoms with Gasteiger partial charge in [0.1, 0.15) is 12.2 Å². The lowest BCUT2D eigenvalue weighted by molar-refractivity contribution is -0.134. The lowest BCUT2D eigenvalue weighted by Gasteiger charge is -2.36. The van der Waals surface area contributed by atoms with Crippen LogP contribution >= 0.6 is 0 Å². The summed E-state index contributed by atoms with van der Waals surface area (Å²) in [5.41, 5.74) is 4.03. The first-order valence-electron chi connectivity index (χ1n) is 9.51. The molecule has 28 heavy (non-hydrogen) atoms. The Bertz CT molecular complexity index is 858. The smallest absolute Gasteiger partial charge is 0.233 e. The third-order valence-electron chi connectivity index (χ3n) is 5.16. The molecule has 0 aliphatic carbocycles. The molecular weight excluding hydrogens is 354 g/mol. The molecule has 6 heteroatoms. The Morgan fingerprint density at radius 1 is 1.00 bits per heavy atom. The Morgan fingerprint density at radius 2 is 1.71 bits per heavy atom. The van der Waals surface area contributed by atoms with Gasteiger partial charge in [0, 0.05) is 31.9 Å². The minimum Gasteiger partial charge on any atom is -0.495 e. The second-order valence-electron chi connectivity index (χ2n) is 7.06. The molecule has 0 atom stereocenters. The summed E-state index contributed by atoms with van der Waals surface area (Å²) in [6.45, 7) is 6.63. The van der Waals surface area contributed by atoms with Crippen molar-refractivity contribution in [1.82, 2.24) is 4.90 Å². The summed E-state index contributed by atoms with van der Waals surface area (Å²) >= 11 is 0. The summed E-state index contributed by atoms with van der Waals surface area (Å²) in [6, 6.07) is 13.6. The Kier molecular flexibility index (Phi) is 6.19. The van der Waals surface area contributed by atoms with Crippen LogP contribution in [0.2, 0.25) is 0 Å². The lowest BCUT2D eigenvalue weighted by Crippen LogP contribution is -2.49. The molecule has 0 radical (unpaired) electrons. The summed E-state index contributed by atoms with van der Waals surface area (Å²) in [5, 5.41) is 2.82. The number of hydrogen-bond acceptors (Lipinski definition) is 4. The SMILES string of the molecule is COc1ccccc1N1CCN(C(=O)CC(=O)Nc2ccc(C)c(C)c2)CC1. The predicted octanol–water partition coefficient (Wildman–Crippen LogP) is 2.99. The van der Waals surface area contributed by atoms with E-state index in [2.05, 4.69) is 10.2 Å². The third-order valence-corrected chi connectivity index (χ3v) is 5.16. The van der Waals surface area contributed by atoms with Gasteiger partial charge in [0.15, 0.2) is 0 Å². The van der Waals surface area contributed by atoms with E-state index in [-0.39, 0.29) is 18.2 Å². The molecule has 0 spiro atoms. The Balaban J connectivity index is 1.52. The molecular formula is C22H27N3O3. The number of carbonyl (C=O) groups excluding carboxylic acids is 2. The molecule has 1 saturated heterocycles. The standard InChI is InChI=1S/C22H27N3O3/c1-16-8-9-18(14-17(16)2)23-21(26)15-22(27)25-12-10-24(11-13-25)19-6-4-5-7-20(19)28-3/h4-9,14H,10-13,15H2,1-3H3,(H,23,26). The molecule has 1 aliphatic rings. The highest BCUT2D eigenvalue weighted by molar-refractivity contribution is 6.03. The zero-order valence-corrected chi connectivity index (χ0v) is 16.7. The van der Waals surface area contributed by atoms with Crippen LogP contribution in [0.3, 0.4) is 0 Å². The lowest BCUT2D eigenvalue weighted by atomic mass is 10.1. The zero-order valence-electron chi connectivity index (χ0n) is 16.7. The number of rotatable bonds is 5. The molecule has 2 amide bonds. The number of methoxy groups -OCH3 is 1. The van der Waals surface area contributed by atoms with Crippen molar-refractivity contribution in [1.29, 1.82) is 0 Å². The number of benzene rings is 2. The van der Waals surface area contributed by atoms with Crippen LogP contribution in [0.4, 0.5) is 11.4 Å². The van der Waals surface area contributed by atoms with Crippen molar-refractivity contribution >= 4 is 23.2 Å². The molecule has 1 N–H and O–H groups in total. The Morgan fingerprint density at radius 3 is 2.39 bits per heavy atom. The number of amides is 2. The molecule has 3 rings (SSSR count). The number of nitrogens with zero attached hydrogens (tertiary/aromatic N) is 2. The van der Waals surface area contributed by atoms with E-state index in [0.29, 0.717) is 26.2 Å². The largest absolute Gasteiger partial charge is 0.495 e. The van der Waals surface area contributed by atoms with Gasteiger partial charge in [-0.2, -0.15) is 0 Å². The highest BCUT2D eigenvalue weighted by atomic mass is 16.5. The minimum absolute atomic E-state index is 0.137. The number of para-hydroxylation sites is 2. The third kappa shape index (κ3) is 4.63. The van der Waals surface area contributed by atoms with Gasteiger partial charge in [-0.15, -0.1) is 0 Å². The first-order valence-corrected chi connectivity index (χ1v) is 9.51. The summed E-state index contributed by atoms with van der Waals surface area (Å²) in [6.07, 6.45) is -0.137. The van der Waals surface area contributed by atoms with Gasteiger partial charge in [-0.25, -0.2) is 0 Å². The van der Waals surface area contributed by atoms with E-state index in [1.807, 2.05) is 56.3 Å². The quantitative estimate of drug-likeness (QED) is 0.809. The number of aryl methyl sites for hydroxylation is 2. The first-order chi connectivity index (χ1) is 13.5. The Labute approximate surface area is 166 Å². The van der Waals surface area contributed by atoms with Crippen molar-refractivity contribution in [2.45, 2.75) is 20.3 Å². The van der Waals surface area contributed by atoms with Crippen LogP contribution in [0.1, 0.15) is 17.5 Å². The molecule has 0 saturated carbocycles. The van der Waals surface area contributed by atoms with Gasteiger partial charge < -0.3 is 19.9 Å². The second-order valence-corrected chi connectivity index (χ2v) is 7.06. The van der Waals surface area contributed by atoms with Gasteiger partial charge in [-0.3, -0.25) is 9.59 Å². The van der Waals surface area contributed by atoms with Crippen molar-refractivity contribution < 1.29 is 14.3 Å². The average molecular weight is 381 g/mol. The van der Waals surface area contributed by atoms with Gasteiger partial charge in [-0.05, 0) is 49.2 Å². The maximum atomic E-state index is 12.5. The van der Waals surface area contributed by atoms with Crippen molar-refractivity contribution in [2.75, 3.05) is 43.5 Å². The average Bonchev–Trinajstić information content (AvgIpc) is 2.70.